The van der Waals surface area contributed by atoms with Crippen molar-refractivity contribution in [1.82, 2.24) is 4.90 Å². The summed E-state index contributed by atoms with van der Waals surface area (Å²) in [5, 5.41) is 4.94. The summed E-state index contributed by atoms with van der Waals surface area (Å²) in [6.07, 6.45) is 3.87. The molecule has 7 rings (SSSR count). The summed E-state index contributed by atoms with van der Waals surface area (Å²) in [4.78, 5) is 45.6. The molecule has 1 amide bonds. The van der Waals surface area contributed by atoms with E-state index in [0.717, 1.165) is 16.7 Å². The van der Waals surface area contributed by atoms with Gasteiger partial charge in [0.25, 0.3) is 0 Å². The molecule has 1 fully saturated rings. The molecule has 4 aromatic rings. The summed E-state index contributed by atoms with van der Waals surface area (Å²) in [7, 11) is 0. The number of thiophene rings is 1. The molecule has 0 bridgehead atoms. The molecule has 3 aromatic carbocycles. The van der Waals surface area contributed by atoms with Gasteiger partial charge >= 0.3 is 0 Å². The lowest BCUT2D eigenvalue weighted by Gasteiger charge is -2.38. The molecule has 1 N–H and O–H groups in total. The maximum Gasteiger partial charge on any atom is 0.238 e. The minimum atomic E-state index is -1.29. The van der Waals surface area contributed by atoms with Gasteiger partial charge in [-0.1, -0.05) is 78.9 Å². The quantitative estimate of drug-likeness (QED) is 0.362. The highest BCUT2D eigenvalue weighted by Gasteiger charge is 2.70. The third-order valence-corrected chi connectivity index (χ3v) is 8.83. The summed E-state index contributed by atoms with van der Waals surface area (Å²) in [5.74, 6) is -1.53. The van der Waals surface area contributed by atoms with E-state index in [9.17, 15) is 14.4 Å². The van der Waals surface area contributed by atoms with Crippen LogP contribution in [0.1, 0.15) is 42.8 Å². The van der Waals surface area contributed by atoms with Crippen LogP contribution in [0.3, 0.4) is 0 Å². The van der Waals surface area contributed by atoms with Crippen LogP contribution in [0.25, 0.3) is 6.08 Å². The third-order valence-electron chi connectivity index (χ3n) is 7.94. The van der Waals surface area contributed by atoms with Crippen LogP contribution >= 0.6 is 11.3 Å². The highest BCUT2D eigenvalue weighted by molar-refractivity contribution is 7.12. The fourth-order valence-corrected chi connectivity index (χ4v) is 7.21. The van der Waals surface area contributed by atoms with Crippen LogP contribution in [0.5, 0.6) is 0 Å². The number of Topliss-reactive ketones (excluding diaryl/α,β-unsaturated/α-hetero) is 2. The molecule has 4 atom stereocenters. The molecule has 1 saturated heterocycles. The van der Waals surface area contributed by atoms with Crippen molar-refractivity contribution in [2.75, 3.05) is 5.32 Å². The Bertz CT molecular complexity index is 1590. The Balaban J connectivity index is 1.56. The van der Waals surface area contributed by atoms with Crippen LogP contribution in [-0.4, -0.2) is 28.4 Å². The third kappa shape index (κ3) is 2.93. The predicted octanol–water partition coefficient (Wildman–Crippen LogP) is 5.73. The molecule has 1 aromatic heterocycles. The van der Waals surface area contributed by atoms with E-state index in [1.165, 1.54) is 11.3 Å². The Morgan fingerprint density at radius 1 is 0.838 bits per heavy atom. The molecule has 180 valence electrons. The molecule has 37 heavy (non-hydrogen) atoms. The molecule has 6 heteroatoms. The molecule has 3 aliphatic rings. The van der Waals surface area contributed by atoms with Crippen LogP contribution in [0.4, 0.5) is 5.69 Å². The first-order valence-electron chi connectivity index (χ1n) is 12.2. The Kier molecular flexibility index (Phi) is 4.81. The minimum absolute atomic E-state index is 0.146. The number of amides is 1. The second kappa shape index (κ2) is 8.11. The van der Waals surface area contributed by atoms with Gasteiger partial charge in [-0.2, -0.15) is 0 Å². The van der Waals surface area contributed by atoms with Crippen molar-refractivity contribution >= 4 is 40.6 Å². The van der Waals surface area contributed by atoms with Crippen LogP contribution < -0.4 is 5.32 Å². The van der Waals surface area contributed by atoms with Gasteiger partial charge in [0, 0.05) is 17.5 Å². The predicted molar refractivity (Wildman–Crippen MR) is 144 cm³/mol. The van der Waals surface area contributed by atoms with Gasteiger partial charge in [0.2, 0.25) is 5.91 Å². The highest BCUT2D eigenvalue weighted by atomic mass is 32.1. The van der Waals surface area contributed by atoms with Crippen molar-refractivity contribution in [2.45, 2.75) is 17.5 Å². The average Bonchev–Trinajstić information content (AvgIpc) is 3.65. The lowest BCUT2D eigenvalue weighted by molar-refractivity contribution is -0.122. The first kappa shape index (κ1) is 21.9. The van der Waals surface area contributed by atoms with E-state index >= 15 is 0 Å². The van der Waals surface area contributed by atoms with Gasteiger partial charge in [-0.15, -0.1) is 11.3 Å². The van der Waals surface area contributed by atoms with Crippen LogP contribution in [0.15, 0.2) is 103 Å². The van der Waals surface area contributed by atoms with Crippen molar-refractivity contribution in [3.8, 4) is 0 Å². The van der Waals surface area contributed by atoms with Crippen LogP contribution in [0.2, 0.25) is 0 Å². The smallest absolute Gasteiger partial charge is 0.238 e. The summed E-state index contributed by atoms with van der Waals surface area (Å²) in [6.45, 7) is 0. The molecule has 3 aliphatic heterocycles. The fourth-order valence-electron chi connectivity index (χ4n) is 6.51. The first-order chi connectivity index (χ1) is 18.1. The first-order valence-corrected chi connectivity index (χ1v) is 13.1. The Morgan fingerprint density at radius 2 is 1.59 bits per heavy atom. The van der Waals surface area contributed by atoms with Crippen molar-refractivity contribution < 1.29 is 14.4 Å². The molecule has 1 spiro atoms. The van der Waals surface area contributed by atoms with Crippen molar-refractivity contribution in [2.24, 2.45) is 5.92 Å². The zero-order chi connectivity index (χ0) is 25.1. The Labute approximate surface area is 218 Å². The monoisotopic (exact) mass is 502 g/mol. The zero-order valence-electron chi connectivity index (χ0n) is 19.7. The van der Waals surface area contributed by atoms with Gasteiger partial charge in [0.15, 0.2) is 11.6 Å². The summed E-state index contributed by atoms with van der Waals surface area (Å²) in [5.41, 5.74) is 2.57. The molecule has 4 unspecified atom stereocenters. The molecule has 0 radical (unpaired) electrons. The SMILES string of the molecule is O=C(c1cccs1)C1C(C(=O)c2ccccc2)C2(C(=O)Nc3ccccc32)C2c3ccccc3C=CN12. The van der Waals surface area contributed by atoms with E-state index in [-0.39, 0.29) is 17.5 Å². The van der Waals surface area contributed by atoms with Gasteiger partial charge in [0.1, 0.15) is 11.5 Å². The van der Waals surface area contributed by atoms with E-state index in [4.69, 9.17) is 0 Å². The standard InChI is InChI=1S/C31H22N2O3S/c34-27(20-10-2-1-3-11-20)25-26(28(35)24-15-8-18-37-24)33-17-16-19-9-4-5-12-21(19)29(33)31(25)22-13-6-7-14-23(22)32-30(31)36/h1-18,25-26,29H,(H,32,36). The second-order valence-corrected chi connectivity index (χ2v) is 10.6. The van der Waals surface area contributed by atoms with Gasteiger partial charge in [-0.3, -0.25) is 14.4 Å². The minimum Gasteiger partial charge on any atom is -0.358 e. The number of nitrogens with zero attached hydrogens (tertiary/aromatic N) is 1. The maximum absolute atomic E-state index is 14.5. The van der Waals surface area contributed by atoms with Crippen LogP contribution in [-0.2, 0) is 10.2 Å². The summed E-state index contributed by atoms with van der Waals surface area (Å²) < 4.78 is 0. The van der Waals surface area contributed by atoms with Crippen LogP contribution in [0, 0.1) is 5.92 Å². The molecular weight excluding hydrogens is 480 g/mol. The van der Waals surface area contributed by atoms with Gasteiger partial charge in [-0.25, -0.2) is 0 Å². The van der Waals surface area contributed by atoms with E-state index < -0.39 is 23.4 Å². The van der Waals surface area contributed by atoms with Gasteiger partial charge in [-0.05, 0) is 40.3 Å². The number of nitrogens with one attached hydrogen (secondary N) is 1. The number of rotatable bonds is 4. The van der Waals surface area contributed by atoms with E-state index in [1.807, 2.05) is 95.4 Å². The van der Waals surface area contributed by atoms with Gasteiger partial charge in [0.05, 0.1) is 16.8 Å². The summed E-state index contributed by atoms with van der Waals surface area (Å²) >= 11 is 1.36. The largest absolute Gasteiger partial charge is 0.358 e. The fraction of sp³-hybridized carbons (Fsp3) is 0.129. The normalized spacial score (nSPS) is 24.9. The average molecular weight is 503 g/mol. The topological polar surface area (TPSA) is 66.5 Å². The Morgan fingerprint density at radius 3 is 2.41 bits per heavy atom. The number of anilines is 1. The Hall–Kier alpha value is -4.29. The van der Waals surface area contributed by atoms with Crippen molar-refractivity contribution in [3.05, 3.63) is 130 Å². The van der Waals surface area contributed by atoms with E-state index in [1.54, 1.807) is 18.2 Å². The second-order valence-electron chi connectivity index (χ2n) is 9.66. The number of benzene rings is 3. The molecule has 0 saturated carbocycles. The highest BCUT2D eigenvalue weighted by Crippen LogP contribution is 2.62. The van der Waals surface area contributed by atoms with Gasteiger partial charge < -0.3 is 10.2 Å². The number of hydrogen-bond donors (Lipinski definition) is 1. The number of para-hydroxylation sites is 1. The summed E-state index contributed by atoms with van der Waals surface area (Å²) in [6, 6.07) is 26.8. The van der Waals surface area contributed by atoms with Crippen molar-refractivity contribution in [1.29, 1.82) is 0 Å². The lowest BCUT2D eigenvalue weighted by Crippen LogP contribution is -2.49. The number of ketones is 2. The molecular formula is C31H22N2O3S. The number of fused-ring (bicyclic) bond motifs is 6. The molecule has 4 heterocycles. The molecule has 0 aliphatic carbocycles. The number of carbonyl (C=O) groups excluding carboxylic acids is 3. The maximum atomic E-state index is 14.5. The number of carbonyl (C=O) groups is 3. The molecule has 5 nitrogen and oxygen atoms in total. The van der Waals surface area contributed by atoms with E-state index in [0.29, 0.717) is 16.1 Å². The number of hydrogen-bond acceptors (Lipinski definition) is 5. The van der Waals surface area contributed by atoms with Crippen molar-refractivity contribution in [3.63, 3.8) is 0 Å². The zero-order valence-corrected chi connectivity index (χ0v) is 20.5. The van der Waals surface area contributed by atoms with E-state index in [2.05, 4.69) is 5.32 Å². The lowest BCUT2D eigenvalue weighted by atomic mass is 9.63.